The van der Waals surface area contributed by atoms with E-state index in [1.807, 2.05) is 12.1 Å². The van der Waals surface area contributed by atoms with Gasteiger partial charge in [-0.25, -0.2) is 0 Å². The molecule has 0 spiro atoms. The van der Waals surface area contributed by atoms with Gasteiger partial charge < -0.3 is 9.47 Å². The van der Waals surface area contributed by atoms with Crippen LogP contribution in [0, 0.1) is 0 Å². The fourth-order valence-corrected chi connectivity index (χ4v) is 1.72. The van der Waals surface area contributed by atoms with Crippen molar-refractivity contribution in [3.63, 3.8) is 0 Å². The van der Waals surface area contributed by atoms with Gasteiger partial charge in [0.15, 0.2) is 0 Å². The normalized spacial score (nSPS) is 18.8. The molecule has 0 fully saturated rings. The van der Waals surface area contributed by atoms with Gasteiger partial charge in [0.25, 0.3) is 0 Å². The van der Waals surface area contributed by atoms with Gasteiger partial charge in [-0.2, -0.15) is 0 Å². The minimum Gasteiger partial charge on any atom is -0.488 e. The van der Waals surface area contributed by atoms with Gasteiger partial charge in [0.1, 0.15) is 12.4 Å². The molecule has 1 aromatic rings. The molecule has 0 radical (unpaired) electrons. The molecule has 1 atom stereocenters. The second-order valence-corrected chi connectivity index (χ2v) is 5.49. The van der Waals surface area contributed by atoms with Gasteiger partial charge in [0.2, 0.25) is 6.23 Å². The Morgan fingerprint density at radius 1 is 1.28 bits per heavy atom. The van der Waals surface area contributed by atoms with Gasteiger partial charge in [0, 0.05) is 0 Å². The van der Waals surface area contributed by atoms with Crippen molar-refractivity contribution < 1.29 is 9.47 Å². The zero-order valence-corrected chi connectivity index (χ0v) is 11.5. The summed E-state index contributed by atoms with van der Waals surface area (Å²) in [6.45, 7) is 6.85. The summed E-state index contributed by atoms with van der Waals surface area (Å²) < 4.78 is 10.7. The van der Waals surface area contributed by atoms with E-state index in [9.17, 15) is 0 Å². The first-order valence-electron chi connectivity index (χ1n) is 5.80. The van der Waals surface area contributed by atoms with Crippen LogP contribution in [0.2, 0.25) is 0 Å². The molecule has 96 valence electrons. The first-order chi connectivity index (χ1) is 8.45. The molecule has 1 heterocycles. The van der Waals surface area contributed by atoms with Crippen LogP contribution in [-0.2, 0) is 10.2 Å². The predicted molar refractivity (Wildman–Crippen MR) is 73.0 cm³/mol. The predicted octanol–water partition coefficient (Wildman–Crippen LogP) is 3.46. The maximum atomic E-state index is 5.57. The van der Waals surface area contributed by atoms with Crippen molar-refractivity contribution in [2.75, 3.05) is 6.61 Å². The number of benzene rings is 1. The Hall–Kier alpha value is -1.49. The van der Waals surface area contributed by atoms with E-state index in [1.165, 1.54) is 5.56 Å². The topological polar surface area (TPSA) is 43.2 Å². The Morgan fingerprint density at radius 2 is 1.94 bits per heavy atom. The summed E-state index contributed by atoms with van der Waals surface area (Å²) in [7, 11) is 0. The molecule has 0 aliphatic carbocycles. The third-order valence-electron chi connectivity index (χ3n) is 2.62. The summed E-state index contributed by atoms with van der Waals surface area (Å²) in [5, 5.41) is 7.63. The molecular weight excluding hydrogens is 248 g/mol. The van der Waals surface area contributed by atoms with E-state index in [4.69, 9.17) is 21.7 Å². The molecule has 5 heteroatoms. The second-order valence-electron chi connectivity index (χ2n) is 5.14. The molecule has 1 aliphatic heterocycles. The molecule has 0 saturated carbocycles. The highest BCUT2D eigenvalue weighted by Crippen LogP contribution is 2.24. The molecule has 0 bridgehead atoms. The van der Waals surface area contributed by atoms with Crippen molar-refractivity contribution in [1.82, 2.24) is 0 Å². The van der Waals surface area contributed by atoms with Crippen LogP contribution >= 0.6 is 12.2 Å². The molecule has 0 aromatic heterocycles. The van der Waals surface area contributed by atoms with Crippen LogP contribution in [0.4, 0.5) is 0 Å². The van der Waals surface area contributed by atoms with E-state index in [0.717, 1.165) is 5.75 Å². The standard InChI is InChI=1S/C13H16N2O2S/c1-13(2,3)9-4-6-10(7-5-9)16-8-11-14-15-12(18)17-11/h4-7,11H,8H2,1-3H3. The molecule has 0 amide bonds. The fraction of sp³-hybridized carbons (Fsp3) is 0.462. The molecule has 0 N–H and O–H groups in total. The van der Waals surface area contributed by atoms with E-state index in [-0.39, 0.29) is 10.6 Å². The minimum atomic E-state index is -0.417. The summed E-state index contributed by atoms with van der Waals surface area (Å²) in [5.74, 6) is 0.791. The average Bonchev–Trinajstić information content (AvgIpc) is 2.72. The maximum absolute atomic E-state index is 5.57. The molecule has 0 saturated heterocycles. The number of nitrogens with zero attached hydrogens (tertiary/aromatic N) is 2. The van der Waals surface area contributed by atoms with Crippen molar-refractivity contribution in [2.45, 2.75) is 32.4 Å². The molecule has 2 rings (SSSR count). The summed E-state index contributed by atoms with van der Waals surface area (Å²) in [4.78, 5) is 0. The third kappa shape index (κ3) is 3.26. The van der Waals surface area contributed by atoms with Crippen LogP contribution in [0.5, 0.6) is 5.75 Å². The van der Waals surface area contributed by atoms with Gasteiger partial charge in [-0.05, 0) is 35.3 Å². The number of hydrogen-bond donors (Lipinski definition) is 0. The lowest BCUT2D eigenvalue weighted by Gasteiger charge is -2.19. The number of thiocarbonyl (C=S) groups is 1. The zero-order valence-electron chi connectivity index (χ0n) is 10.7. The average molecular weight is 264 g/mol. The van der Waals surface area contributed by atoms with Crippen LogP contribution in [0.25, 0.3) is 0 Å². The van der Waals surface area contributed by atoms with Crippen molar-refractivity contribution in [1.29, 1.82) is 0 Å². The molecule has 18 heavy (non-hydrogen) atoms. The Morgan fingerprint density at radius 3 is 2.44 bits per heavy atom. The van der Waals surface area contributed by atoms with Crippen molar-refractivity contribution in [3.05, 3.63) is 29.8 Å². The fourth-order valence-electron chi connectivity index (χ4n) is 1.56. The Kier molecular flexibility index (Phi) is 3.61. The highest BCUT2D eigenvalue weighted by molar-refractivity contribution is 7.80. The summed E-state index contributed by atoms with van der Waals surface area (Å²) in [6.07, 6.45) is -0.417. The van der Waals surface area contributed by atoms with Crippen LogP contribution in [-0.4, -0.2) is 18.0 Å². The van der Waals surface area contributed by atoms with E-state index in [1.54, 1.807) is 0 Å². The van der Waals surface area contributed by atoms with E-state index >= 15 is 0 Å². The summed E-state index contributed by atoms with van der Waals surface area (Å²) >= 11 is 4.75. The van der Waals surface area contributed by atoms with E-state index < -0.39 is 6.23 Å². The molecule has 4 nitrogen and oxygen atoms in total. The smallest absolute Gasteiger partial charge is 0.304 e. The van der Waals surface area contributed by atoms with Gasteiger partial charge in [-0.1, -0.05) is 32.9 Å². The Labute approximate surface area is 112 Å². The zero-order chi connectivity index (χ0) is 13.2. The second kappa shape index (κ2) is 5.02. The van der Waals surface area contributed by atoms with Crippen LogP contribution in [0.1, 0.15) is 26.3 Å². The van der Waals surface area contributed by atoms with Crippen molar-refractivity contribution in [2.24, 2.45) is 10.2 Å². The van der Waals surface area contributed by atoms with Gasteiger partial charge in [-0.15, -0.1) is 10.2 Å². The highest BCUT2D eigenvalue weighted by atomic mass is 32.1. The Balaban J connectivity index is 1.91. The van der Waals surface area contributed by atoms with Crippen LogP contribution in [0.3, 0.4) is 0 Å². The quantitative estimate of drug-likeness (QED) is 0.785. The minimum absolute atomic E-state index is 0.146. The molecule has 1 aromatic carbocycles. The highest BCUT2D eigenvalue weighted by Gasteiger charge is 2.18. The van der Waals surface area contributed by atoms with Crippen molar-refractivity contribution in [3.8, 4) is 5.75 Å². The lowest BCUT2D eigenvalue weighted by atomic mass is 9.87. The Bertz CT molecular complexity index is 463. The van der Waals surface area contributed by atoms with Crippen LogP contribution in [0.15, 0.2) is 34.5 Å². The number of azo groups is 1. The SMILES string of the molecule is CC(C)(C)c1ccc(OCC2N=NC(=S)O2)cc1. The molecule has 1 unspecified atom stereocenters. The monoisotopic (exact) mass is 264 g/mol. The third-order valence-corrected chi connectivity index (χ3v) is 2.80. The van der Waals surface area contributed by atoms with Crippen LogP contribution < -0.4 is 4.74 Å². The lowest BCUT2D eigenvalue weighted by molar-refractivity contribution is 0.140. The van der Waals surface area contributed by atoms with E-state index in [2.05, 4.69) is 43.1 Å². The first kappa shape index (κ1) is 13.0. The number of ether oxygens (including phenoxy) is 2. The molecular formula is C13H16N2O2S. The molecule has 1 aliphatic rings. The lowest BCUT2D eigenvalue weighted by Crippen LogP contribution is -2.17. The summed E-state index contributed by atoms with van der Waals surface area (Å²) in [5.41, 5.74) is 1.42. The number of rotatable bonds is 3. The number of hydrogen-bond acceptors (Lipinski definition) is 4. The van der Waals surface area contributed by atoms with Gasteiger partial charge >= 0.3 is 5.17 Å². The largest absolute Gasteiger partial charge is 0.488 e. The first-order valence-corrected chi connectivity index (χ1v) is 6.21. The van der Waals surface area contributed by atoms with Gasteiger partial charge in [0.05, 0.1) is 0 Å². The van der Waals surface area contributed by atoms with Crippen molar-refractivity contribution >= 4 is 17.4 Å². The van der Waals surface area contributed by atoms with E-state index in [0.29, 0.717) is 6.61 Å². The summed E-state index contributed by atoms with van der Waals surface area (Å²) in [6, 6.07) is 8.03. The van der Waals surface area contributed by atoms with Gasteiger partial charge in [-0.3, -0.25) is 0 Å². The maximum Gasteiger partial charge on any atom is 0.304 e.